The summed E-state index contributed by atoms with van der Waals surface area (Å²) in [5.74, 6) is 2.13. The van der Waals surface area contributed by atoms with Crippen molar-refractivity contribution in [1.29, 1.82) is 0 Å². The van der Waals surface area contributed by atoms with Gasteiger partial charge in [-0.1, -0.05) is 6.07 Å². The number of hydrogen-bond acceptors (Lipinski definition) is 4. The molecule has 0 bridgehead atoms. The van der Waals surface area contributed by atoms with Crippen LogP contribution in [0.1, 0.15) is 38.2 Å². The van der Waals surface area contributed by atoms with Crippen molar-refractivity contribution in [2.45, 2.75) is 45.3 Å². The molecule has 1 saturated carbocycles. The smallest absolute Gasteiger partial charge is 0.241 e. The molecule has 0 radical (unpaired) electrons. The largest absolute Gasteiger partial charge is 0.493 e. The van der Waals surface area contributed by atoms with E-state index in [1.165, 1.54) is 12.8 Å². The monoisotopic (exact) mass is 504 g/mol. The molecule has 0 heterocycles. The van der Waals surface area contributed by atoms with Crippen molar-refractivity contribution in [2.24, 2.45) is 4.99 Å². The van der Waals surface area contributed by atoms with Crippen molar-refractivity contribution >= 4 is 35.8 Å². The summed E-state index contributed by atoms with van der Waals surface area (Å²) in [6.07, 6.45) is 4.98. The van der Waals surface area contributed by atoms with Gasteiger partial charge < -0.3 is 25.0 Å². The van der Waals surface area contributed by atoms with Gasteiger partial charge in [0.1, 0.15) is 0 Å². The number of ether oxygens (including phenoxy) is 2. The van der Waals surface area contributed by atoms with Crippen molar-refractivity contribution in [3.8, 4) is 11.5 Å². The van der Waals surface area contributed by atoms with E-state index in [1.807, 2.05) is 25.1 Å². The zero-order valence-electron chi connectivity index (χ0n) is 17.3. The van der Waals surface area contributed by atoms with Gasteiger partial charge in [0, 0.05) is 20.6 Å². The first-order valence-corrected chi connectivity index (χ1v) is 9.59. The van der Waals surface area contributed by atoms with Gasteiger partial charge in [0.2, 0.25) is 5.91 Å². The number of methoxy groups -OCH3 is 1. The molecule has 0 saturated heterocycles. The molecular weight excluding hydrogens is 471 g/mol. The first-order chi connectivity index (χ1) is 13.0. The quantitative estimate of drug-likeness (QED) is 0.324. The summed E-state index contributed by atoms with van der Waals surface area (Å²) in [6, 6.07) is 5.92. The second-order valence-electron chi connectivity index (χ2n) is 6.85. The Bertz CT molecular complexity index is 646. The highest BCUT2D eigenvalue weighted by Gasteiger charge is 2.18. The van der Waals surface area contributed by atoms with Crippen LogP contribution in [0, 0.1) is 0 Å². The van der Waals surface area contributed by atoms with Gasteiger partial charge in [0.15, 0.2) is 17.5 Å². The summed E-state index contributed by atoms with van der Waals surface area (Å²) < 4.78 is 11.6. The summed E-state index contributed by atoms with van der Waals surface area (Å²) in [5.41, 5.74) is 1.02. The number of guanidine groups is 1. The van der Waals surface area contributed by atoms with Crippen LogP contribution in [0.5, 0.6) is 11.5 Å². The van der Waals surface area contributed by atoms with Crippen LogP contribution in [0.25, 0.3) is 0 Å². The summed E-state index contributed by atoms with van der Waals surface area (Å²) in [4.78, 5) is 17.8. The van der Waals surface area contributed by atoms with Crippen LogP contribution >= 0.6 is 24.0 Å². The fourth-order valence-corrected chi connectivity index (χ4v) is 2.92. The summed E-state index contributed by atoms with van der Waals surface area (Å²) in [7, 11) is 5.12. The molecule has 1 aliphatic rings. The lowest BCUT2D eigenvalue weighted by atomic mass is 10.2. The SMILES string of the molecule is CCNC(=NCc1ccc(OC2CCCC2)c(OC)c1)NCC(=O)N(C)C.I. The molecule has 1 amide bonds. The fourth-order valence-electron chi connectivity index (χ4n) is 2.92. The molecular formula is C20H33IN4O3. The predicted octanol–water partition coefficient (Wildman–Crippen LogP) is 2.78. The van der Waals surface area contributed by atoms with Crippen LogP contribution in [0.3, 0.4) is 0 Å². The number of nitrogens with zero attached hydrogens (tertiary/aromatic N) is 2. The molecule has 0 atom stereocenters. The second-order valence-corrected chi connectivity index (χ2v) is 6.85. The molecule has 28 heavy (non-hydrogen) atoms. The highest BCUT2D eigenvalue weighted by Crippen LogP contribution is 2.32. The van der Waals surface area contributed by atoms with Gasteiger partial charge in [0.05, 0.1) is 26.3 Å². The second kappa shape index (κ2) is 12.7. The first-order valence-electron chi connectivity index (χ1n) is 9.59. The van der Waals surface area contributed by atoms with Crippen molar-refractivity contribution in [3.63, 3.8) is 0 Å². The number of nitrogens with one attached hydrogen (secondary N) is 2. The number of aliphatic imine (C=N–C) groups is 1. The molecule has 1 fully saturated rings. The molecule has 0 aliphatic heterocycles. The lowest BCUT2D eigenvalue weighted by Crippen LogP contribution is -2.42. The van der Waals surface area contributed by atoms with Gasteiger partial charge in [-0.2, -0.15) is 0 Å². The molecule has 158 valence electrons. The molecule has 0 unspecified atom stereocenters. The summed E-state index contributed by atoms with van der Waals surface area (Å²) in [5, 5.41) is 6.20. The first kappa shape index (κ1) is 24.3. The highest BCUT2D eigenvalue weighted by molar-refractivity contribution is 14.0. The van der Waals surface area contributed by atoms with Gasteiger partial charge in [-0.3, -0.25) is 4.79 Å². The molecule has 7 nitrogen and oxygen atoms in total. The number of halogens is 1. The average molecular weight is 504 g/mol. The number of hydrogen-bond donors (Lipinski definition) is 2. The van der Waals surface area contributed by atoms with Crippen molar-refractivity contribution < 1.29 is 14.3 Å². The number of carbonyl (C=O) groups is 1. The van der Waals surface area contributed by atoms with Crippen LogP contribution in [-0.2, 0) is 11.3 Å². The van der Waals surface area contributed by atoms with Crippen LogP contribution in [0.4, 0.5) is 0 Å². The molecule has 2 N–H and O–H groups in total. The van der Waals surface area contributed by atoms with E-state index >= 15 is 0 Å². The standard InChI is InChI=1S/C20H32N4O3.HI/c1-5-21-20(23-14-19(25)24(2)3)22-13-15-10-11-17(18(12-15)26-4)27-16-8-6-7-9-16;/h10-12,16H,5-9,13-14H2,1-4H3,(H2,21,22,23);1H. The van der Waals surface area contributed by atoms with Gasteiger partial charge in [-0.25, -0.2) is 4.99 Å². The van der Waals surface area contributed by atoms with Crippen LogP contribution in [-0.4, -0.2) is 57.2 Å². The maximum absolute atomic E-state index is 11.7. The van der Waals surface area contributed by atoms with E-state index in [0.29, 0.717) is 18.6 Å². The number of rotatable bonds is 8. The normalized spacial score (nSPS) is 14.2. The van der Waals surface area contributed by atoms with Crippen molar-refractivity contribution in [2.75, 3.05) is 34.3 Å². The third-order valence-corrected chi connectivity index (χ3v) is 4.49. The Morgan fingerprint density at radius 2 is 1.93 bits per heavy atom. The number of likely N-dealkylation sites (N-methyl/N-ethyl adjacent to an activating group) is 1. The van der Waals surface area contributed by atoms with Gasteiger partial charge in [-0.05, 0) is 50.3 Å². The van der Waals surface area contributed by atoms with Gasteiger partial charge in [-0.15, -0.1) is 24.0 Å². The number of carbonyl (C=O) groups excluding carboxylic acids is 1. The Morgan fingerprint density at radius 3 is 2.54 bits per heavy atom. The zero-order valence-corrected chi connectivity index (χ0v) is 19.6. The third-order valence-electron chi connectivity index (χ3n) is 4.49. The van der Waals surface area contributed by atoms with E-state index in [9.17, 15) is 4.79 Å². The molecule has 1 aliphatic carbocycles. The minimum atomic E-state index is -0.00399. The minimum absolute atomic E-state index is 0. The average Bonchev–Trinajstić information content (AvgIpc) is 3.17. The zero-order chi connectivity index (χ0) is 19.6. The predicted molar refractivity (Wildman–Crippen MR) is 123 cm³/mol. The Hall–Kier alpha value is -1.71. The van der Waals surface area contributed by atoms with Crippen LogP contribution in [0.2, 0.25) is 0 Å². The maximum atomic E-state index is 11.7. The fraction of sp³-hybridized carbons (Fsp3) is 0.600. The Morgan fingerprint density at radius 1 is 1.21 bits per heavy atom. The third kappa shape index (κ3) is 7.73. The van der Waals surface area contributed by atoms with E-state index in [1.54, 1.807) is 26.1 Å². The lowest BCUT2D eigenvalue weighted by molar-refractivity contribution is -0.127. The Kier molecular flexibility index (Phi) is 11.0. The number of amides is 1. The topological polar surface area (TPSA) is 75.2 Å². The lowest BCUT2D eigenvalue weighted by Gasteiger charge is -2.17. The molecule has 2 rings (SSSR count). The molecule has 0 aromatic heterocycles. The van der Waals surface area contributed by atoms with E-state index in [4.69, 9.17) is 9.47 Å². The van der Waals surface area contributed by atoms with E-state index < -0.39 is 0 Å². The minimum Gasteiger partial charge on any atom is -0.493 e. The van der Waals surface area contributed by atoms with Crippen molar-refractivity contribution in [3.05, 3.63) is 23.8 Å². The van der Waals surface area contributed by atoms with Crippen LogP contribution in [0.15, 0.2) is 23.2 Å². The van der Waals surface area contributed by atoms with E-state index in [0.717, 1.165) is 36.4 Å². The van der Waals surface area contributed by atoms with E-state index in [2.05, 4.69) is 15.6 Å². The summed E-state index contributed by atoms with van der Waals surface area (Å²) in [6.45, 7) is 3.39. The van der Waals surface area contributed by atoms with Gasteiger partial charge >= 0.3 is 0 Å². The highest BCUT2D eigenvalue weighted by atomic mass is 127. The van der Waals surface area contributed by atoms with Crippen LogP contribution < -0.4 is 20.1 Å². The molecule has 0 spiro atoms. The molecule has 1 aromatic carbocycles. The van der Waals surface area contributed by atoms with E-state index in [-0.39, 0.29) is 36.4 Å². The van der Waals surface area contributed by atoms with Crippen molar-refractivity contribution in [1.82, 2.24) is 15.5 Å². The maximum Gasteiger partial charge on any atom is 0.241 e. The Labute approximate surface area is 185 Å². The molecule has 8 heteroatoms. The Balaban J connectivity index is 0.00000392. The summed E-state index contributed by atoms with van der Waals surface area (Å²) >= 11 is 0. The van der Waals surface area contributed by atoms with Gasteiger partial charge in [0.25, 0.3) is 0 Å². The molecule has 1 aromatic rings. The number of benzene rings is 1.